The molecular weight excluding hydrogens is 1020 g/mol. The first-order valence-electron chi connectivity index (χ1n) is 28.5. The molecule has 17 aromatic rings. The van der Waals surface area contributed by atoms with Gasteiger partial charge in [-0.1, -0.05) is 224 Å². The molecule has 0 bridgehead atoms. The van der Waals surface area contributed by atoms with E-state index >= 15 is 0 Å². The first-order valence-corrected chi connectivity index (χ1v) is 30.5. The predicted molar refractivity (Wildman–Crippen MR) is 350 cm³/mol. The van der Waals surface area contributed by atoms with Gasteiger partial charge >= 0.3 is 0 Å². The van der Waals surface area contributed by atoms with Gasteiger partial charge in [-0.15, -0.1) is 0 Å². The zero-order valence-corrected chi connectivity index (χ0v) is 46.1. The lowest BCUT2D eigenvalue weighted by Crippen LogP contribution is -2.75. The molecule has 0 fully saturated rings. The average molecular weight is 1080 g/mol. The predicted octanol–water partition coefficient (Wildman–Crippen LogP) is 18.1. The van der Waals surface area contributed by atoms with Crippen LogP contribution in [0.25, 0.3) is 132 Å². The fourth-order valence-electron chi connectivity index (χ4n) is 13.8. The van der Waals surface area contributed by atoms with Gasteiger partial charge in [-0.2, -0.15) is 0 Å². The SMILES string of the molecule is c1ccc([Si](c2ccccc2)(c2cccc3c2oc2ccc(-c4cccc(-c5ccc(-n6c7ccccc7c7ccccc76)cc5)c4)cc23)c2cccc3c2oc2ccc(-c4cccc(-n5c6ccccc6c6ccccc65)c4)cc23)cc1. The summed E-state index contributed by atoms with van der Waals surface area (Å²) in [6.07, 6.45) is 0. The number of para-hydroxylation sites is 6. The Labute approximate surface area is 479 Å². The van der Waals surface area contributed by atoms with Crippen molar-refractivity contribution in [2.24, 2.45) is 0 Å². The van der Waals surface area contributed by atoms with Crippen LogP contribution in [0, 0.1) is 0 Å². The number of fused-ring (bicyclic) bond motifs is 12. The number of benzene rings is 13. The fraction of sp³-hybridized carbons (Fsp3) is 0. The van der Waals surface area contributed by atoms with E-state index in [9.17, 15) is 0 Å². The van der Waals surface area contributed by atoms with Crippen molar-refractivity contribution in [3.8, 4) is 44.8 Å². The molecule has 388 valence electrons. The minimum Gasteiger partial charge on any atom is -0.456 e. The van der Waals surface area contributed by atoms with Gasteiger partial charge < -0.3 is 18.0 Å². The molecule has 4 nitrogen and oxygen atoms in total. The highest BCUT2D eigenvalue weighted by Gasteiger charge is 2.46. The van der Waals surface area contributed by atoms with Crippen molar-refractivity contribution in [3.05, 3.63) is 303 Å². The van der Waals surface area contributed by atoms with Crippen molar-refractivity contribution < 1.29 is 8.83 Å². The molecule has 0 saturated carbocycles. The fourth-order valence-corrected chi connectivity index (χ4v) is 18.8. The van der Waals surface area contributed by atoms with Gasteiger partial charge in [0.15, 0.2) is 8.07 Å². The second kappa shape index (κ2) is 18.7. The normalized spacial score (nSPS) is 12.1. The number of aromatic nitrogens is 2. The summed E-state index contributed by atoms with van der Waals surface area (Å²) in [5, 5.41) is 14.2. The van der Waals surface area contributed by atoms with E-state index in [1.807, 2.05) is 0 Å². The third kappa shape index (κ3) is 7.25. The zero-order valence-electron chi connectivity index (χ0n) is 45.1. The summed E-state index contributed by atoms with van der Waals surface area (Å²) in [5.74, 6) is 0. The van der Waals surface area contributed by atoms with E-state index < -0.39 is 8.07 Å². The molecule has 0 aliphatic heterocycles. The summed E-state index contributed by atoms with van der Waals surface area (Å²) < 4.78 is 19.3. The highest BCUT2D eigenvalue weighted by atomic mass is 28.3. The maximum absolute atomic E-state index is 7.25. The van der Waals surface area contributed by atoms with E-state index in [2.05, 4.69) is 312 Å². The smallest absolute Gasteiger partial charge is 0.188 e. The number of hydrogen-bond acceptors (Lipinski definition) is 2. The second-order valence-corrected chi connectivity index (χ2v) is 25.6. The van der Waals surface area contributed by atoms with Gasteiger partial charge in [0.05, 0.1) is 22.1 Å². The van der Waals surface area contributed by atoms with E-state index in [1.54, 1.807) is 0 Å². The molecule has 83 heavy (non-hydrogen) atoms. The molecule has 0 N–H and O–H groups in total. The molecular formula is C78H50N2O2Si. The van der Waals surface area contributed by atoms with Gasteiger partial charge in [0.2, 0.25) is 0 Å². The Balaban J connectivity index is 0.788. The quantitative estimate of drug-likeness (QED) is 0.107. The van der Waals surface area contributed by atoms with Gasteiger partial charge in [0, 0.05) is 54.5 Å². The van der Waals surface area contributed by atoms with Crippen LogP contribution in [0.4, 0.5) is 0 Å². The number of furan rings is 2. The maximum atomic E-state index is 7.25. The summed E-state index contributed by atoms with van der Waals surface area (Å²) in [5.41, 5.74) is 17.5. The van der Waals surface area contributed by atoms with E-state index in [-0.39, 0.29) is 0 Å². The second-order valence-electron chi connectivity index (χ2n) is 21.9. The third-order valence-electron chi connectivity index (χ3n) is 17.5. The Morgan fingerprint density at radius 2 is 0.590 bits per heavy atom. The first kappa shape index (κ1) is 47.1. The van der Waals surface area contributed by atoms with E-state index in [0.29, 0.717) is 0 Å². The van der Waals surface area contributed by atoms with Crippen molar-refractivity contribution in [1.29, 1.82) is 0 Å². The van der Waals surface area contributed by atoms with Crippen molar-refractivity contribution in [3.63, 3.8) is 0 Å². The van der Waals surface area contributed by atoms with Crippen LogP contribution in [0.5, 0.6) is 0 Å². The molecule has 0 spiro atoms. The van der Waals surface area contributed by atoms with Crippen LogP contribution >= 0.6 is 0 Å². The minimum atomic E-state index is -3.28. The van der Waals surface area contributed by atoms with Gasteiger partial charge in [-0.25, -0.2) is 0 Å². The molecule has 4 aromatic heterocycles. The monoisotopic (exact) mass is 1070 g/mol. The summed E-state index contributed by atoms with van der Waals surface area (Å²) in [4.78, 5) is 0. The van der Waals surface area contributed by atoms with E-state index in [0.717, 1.165) is 83.1 Å². The van der Waals surface area contributed by atoms with Crippen LogP contribution in [0.2, 0.25) is 0 Å². The summed E-state index contributed by atoms with van der Waals surface area (Å²) in [6.45, 7) is 0. The lowest BCUT2D eigenvalue weighted by molar-refractivity contribution is 0.670. The largest absolute Gasteiger partial charge is 0.456 e. The number of hydrogen-bond donors (Lipinski definition) is 0. The number of rotatable bonds is 9. The molecule has 0 radical (unpaired) electrons. The van der Waals surface area contributed by atoms with Crippen molar-refractivity contribution in [2.45, 2.75) is 0 Å². The van der Waals surface area contributed by atoms with Crippen LogP contribution in [-0.4, -0.2) is 17.2 Å². The molecule has 0 aliphatic rings. The third-order valence-corrected chi connectivity index (χ3v) is 22.3. The highest BCUT2D eigenvalue weighted by molar-refractivity contribution is 7.21. The van der Waals surface area contributed by atoms with Gasteiger partial charge in [0.1, 0.15) is 22.3 Å². The Morgan fingerprint density at radius 3 is 1.07 bits per heavy atom. The van der Waals surface area contributed by atoms with E-state index in [4.69, 9.17) is 8.83 Å². The Hall–Kier alpha value is -10.7. The minimum absolute atomic E-state index is 0.855. The highest BCUT2D eigenvalue weighted by Crippen LogP contribution is 2.39. The molecule has 0 atom stereocenters. The lowest BCUT2D eigenvalue weighted by Gasteiger charge is -2.34. The molecule has 4 heterocycles. The van der Waals surface area contributed by atoms with Crippen LogP contribution in [0.15, 0.2) is 312 Å². The molecule has 5 heteroatoms. The Morgan fingerprint density at radius 1 is 0.229 bits per heavy atom. The van der Waals surface area contributed by atoms with Crippen molar-refractivity contribution in [1.82, 2.24) is 9.13 Å². The molecule has 0 saturated heterocycles. The van der Waals surface area contributed by atoms with E-state index in [1.165, 1.54) is 69.9 Å². The maximum Gasteiger partial charge on any atom is 0.188 e. The Bertz CT molecular complexity index is 5250. The zero-order chi connectivity index (χ0) is 54.6. The summed E-state index contributed by atoms with van der Waals surface area (Å²) in [7, 11) is -3.28. The van der Waals surface area contributed by atoms with Crippen LogP contribution in [0.3, 0.4) is 0 Å². The first-order chi connectivity index (χ1) is 41.2. The average Bonchev–Trinajstić information content (AvgIpc) is 4.25. The molecule has 0 unspecified atom stereocenters. The molecule has 13 aromatic carbocycles. The van der Waals surface area contributed by atoms with Gasteiger partial charge in [0.25, 0.3) is 0 Å². The topological polar surface area (TPSA) is 36.1 Å². The molecule has 0 amide bonds. The lowest BCUT2D eigenvalue weighted by atomic mass is 9.98. The number of nitrogens with zero attached hydrogens (tertiary/aromatic N) is 2. The standard InChI is InChI=1S/C78H50N2O2Si/c1-3-23-59(24-4-1)83(60-25-5-2-6-26-60,76-38-18-32-66-68-50-56(42-46-74(68)82-78(66)76)54-21-16-22-58(48-54)80-71-35-13-9-29-63(71)64-30-10-14-36-72(64)80)75-37-17-31-65-67-49-55(41-45-73(67)81-77(65)75)53-20-15-19-52(47-53)51-39-43-57(44-40-51)79-69-33-11-7-27-61(69)62-28-8-12-34-70(62)79/h1-50H. The molecule has 0 aliphatic carbocycles. The summed E-state index contributed by atoms with van der Waals surface area (Å²) >= 11 is 0. The van der Waals surface area contributed by atoms with Gasteiger partial charge in [-0.05, 0) is 133 Å². The van der Waals surface area contributed by atoms with Gasteiger partial charge in [-0.3, -0.25) is 0 Å². The van der Waals surface area contributed by atoms with Crippen LogP contribution in [-0.2, 0) is 0 Å². The Kier molecular flexibility index (Phi) is 10.6. The van der Waals surface area contributed by atoms with Crippen molar-refractivity contribution >= 4 is 116 Å². The van der Waals surface area contributed by atoms with Crippen LogP contribution in [0.1, 0.15) is 0 Å². The molecule has 17 rings (SSSR count). The van der Waals surface area contributed by atoms with Crippen molar-refractivity contribution in [2.75, 3.05) is 0 Å². The van der Waals surface area contributed by atoms with Crippen LogP contribution < -0.4 is 20.7 Å². The summed E-state index contributed by atoms with van der Waals surface area (Å²) in [6, 6.07) is 111.